The largest absolute Gasteiger partial charge is 0.393 e. The fraction of sp³-hybridized carbons (Fsp3) is 0.588. The summed E-state index contributed by atoms with van der Waals surface area (Å²) in [5.41, 5.74) is 1.26. The van der Waals surface area contributed by atoms with E-state index in [0.29, 0.717) is 12.5 Å². The van der Waals surface area contributed by atoms with Crippen molar-refractivity contribution in [3.05, 3.63) is 29.8 Å². The minimum Gasteiger partial charge on any atom is -0.393 e. The van der Waals surface area contributed by atoms with E-state index in [1.54, 1.807) is 11.8 Å². The molecule has 2 amide bonds. The van der Waals surface area contributed by atoms with Crippen molar-refractivity contribution in [3.63, 3.8) is 0 Å². The van der Waals surface area contributed by atoms with E-state index in [-0.39, 0.29) is 18.2 Å². The SMILES string of the molecule is Cc1ccc(SC[C@H](C)NC(=O)NC[C@@H]2CC[C@H](O)C2)cc1. The summed E-state index contributed by atoms with van der Waals surface area (Å²) >= 11 is 1.75. The Hall–Kier alpha value is -1.20. The molecule has 122 valence electrons. The third-order valence-electron chi connectivity index (χ3n) is 3.96. The molecule has 0 saturated heterocycles. The topological polar surface area (TPSA) is 61.4 Å². The Morgan fingerprint density at radius 3 is 2.73 bits per heavy atom. The number of hydrogen-bond donors (Lipinski definition) is 3. The van der Waals surface area contributed by atoms with Gasteiger partial charge in [0.2, 0.25) is 0 Å². The number of amides is 2. The van der Waals surface area contributed by atoms with Crippen LogP contribution >= 0.6 is 11.8 Å². The maximum absolute atomic E-state index is 11.9. The molecule has 0 unspecified atom stereocenters. The first-order valence-electron chi connectivity index (χ1n) is 7.95. The second-order valence-corrected chi connectivity index (χ2v) is 7.31. The summed E-state index contributed by atoms with van der Waals surface area (Å²) in [4.78, 5) is 13.1. The van der Waals surface area contributed by atoms with Gasteiger partial charge in [-0.1, -0.05) is 17.7 Å². The number of nitrogens with one attached hydrogen (secondary N) is 2. The highest BCUT2D eigenvalue weighted by atomic mass is 32.2. The van der Waals surface area contributed by atoms with E-state index in [9.17, 15) is 9.90 Å². The lowest BCUT2D eigenvalue weighted by Crippen LogP contribution is -2.43. The van der Waals surface area contributed by atoms with Gasteiger partial charge in [0.15, 0.2) is 0 Å². The molecule has 0 bridgehead atoms. The van der Waals surface area contributed by atoms with E-state index in [1.165, 1.54) is 10.5 Å². The number of thioether (sulfide) groups is 1. The minimum atomic E-state index is -0.181. The molecule has 0 aliphatic heterocycles. The van der Waals surface area contributed by atoms with Gasteiger partial charge in [-0.25, -0.2) is 4.79 Å². The highest BCUT2D eigenvalue weighted by molar-refractivity contribution is 7.99. The first-order valence-corrected chi connectivity index (χ1v) is 8.93. The van der Waals surface area contributed by atoms with Gasteiger partial charge in [0.1, 0.15) is 0 Å². The fourth-order valence-corrected chi connectivity index (χ4v) is 3.50. The summed E-state index contributed by atoms with van der Waals surface area (Å²) in [6.45, 7) is 4.74. The van der Waals surface area contributed by atoms with E-state index >= 15 is 0 Å². The predicted octanol–water partition coefficient (Wildman–Crippen LogP) is 2.94. The number of benzene rings is 1. The van der Waals surface area contributed by atoms with Crippen LogP contribution in [0.1, 0.15) is 31.7 Å². The Bertz CT molecular complexity index is 478. The highest BCUT2D eigenvalue weighted by Gasteiger charge is 2.23. The Kier molecular flexibility index (Phi) is 6.58. The van der Waals surface area contributed by atoms with Crippen molar-refractivity contribution >= 4 is 17.8 Å². The molecule has 1 fully saturated rings. The van der Waals surface area contributed by atoms with Crippen molar-refractivity contribution in [1.29, 1.82) is 0 Å². The molecule has 1 aliphatic carbocycles. The van der Waals surface area contributed by atoms with E-state index in [4.69, 9.17) is 0 Å². The smallest absolute Gasteiger partial charge is 0.315 e. The molecule has 0 heterocycles. The van der Waals surface area contributed by atoms with Crippen LogP contribution in [0.5, 0.6) is 0 Å². The van der Waals surface area contributed by atoms with Crippen LogP contribution in [0, 0.1) is 12.8 Å². The van der Waals surface area contributed by atoms with E-state index < -0.39 is 0 Å². The lowest BCUT2D eigenvalue weighted by Gasteiger charge is -2.16. The standard InChI is InChI=1S/C17H26N2O2S/c1-12-3-7-16(8-4-12)22-11-13(2)19-17(21)18-10-14-5-6-15(20)9-14/h3-4,7-8,13-15,20H,5-6,9-11H2,1-2H3,(H2,18,19,21)/t13-,14+,15-/m0/s1. The van der Waals surface area contributed by atoms with Gasteiger partial charge in [-0.2, -0.15) is 0 Å². The lowest BCUT2D eigenvalue weighted by atomic mass is 10.1. The molecule has 1 saturated carbocycles. The van der Waals surface area contributed by atoms with Crippen LogP contribution in [0.3, 0.4) is 0 Å². The molecule has 1 aromatic rings. The van der Waals surface area contributed by atoms with Gasteiger partial charge in [-0.15, -0.1) is 11.8 Å². The van der Waals surface area contributed by atoms with Gasteiger partial charge in [0.25, 0.3) is 0 Å². The highest BCUT2D eigenvalue weighted by Crippen LogP contribution is 2.24. The van der Waals surface area contributed by atoms with Gasteiger partial charge < -0.3 is 15.7 Å². The summed E-state index contributed by atoms with van der Waals surface area (Å²) in [6.07, 6.45) is 2.48. The Morgan fingerprint density at radius 1 is 1.36 bits per heavy atom. The number of rotatable bonds is 6. The zero-order chi connectivity index (χ0) is 15.9. The van der Waals surface area contributed by atoms with Crippen LogP contribution in [0.25, 0.3) is 0 Å². The number of hydrogen-bond acceptors (Lipinski definition) is 3. The molecular weight excluding hydrogens is 296 g/mol. The van der Waals surface area contributed by atoms with E-state index in [2.05, 4.69) is 41.8 Å². The molecule has 1 aromatic carbocycles. The van der Waals surface area contributed by atoms with Crippen molar-refractivity contribution in [2.75, 3.05) is 12.3 Å². The summed E-state index contributed by atoms with van der Waals surface area (Å²) in [5.74, 6) is 1.26. The van der Waals surface area contributed by atoms with E-state index in [0.717, 1.165) is 25.0 Å². The van der Waals surface area contributed by atoms with Gasteiger partial charge in [0.05, 0.1) is 6.10 Å². The average molecular weight is 322 g/mol. The summed E-state index contributed by atoms with van der Waals surface area (Å²) < 4.78 is 0. The lowest BCUT2D eigenvalue weighted by molar-refractivity contribution is 0.177. The number of aliphatic hydroxyl groups excluding tert-OH is 1. The number of aryl methyl sites for hydroxylation is 1. The van der Waals surface area contributed by atoms with Gasteiger partial charge >= 0.3 is 6.03 Å². The maximum atomic E-state index is 11.9. The molecule has 3 atom stereocenters. The van der Waals surface area contributed by atoms with E-state index in [1.807, 2.05) is 6.92 Å². The average Bonchev–Trinajstić information content (AvgIpc) is 2.90. The monoisotopic (exact) mass is 322 g/mol. The number of urea groups is 1. The molecule has 4 nitrogen and oxygen atoms in total. The Labute approximate surface area is 137 Å². The van der Waals surface area contributed by atoms with Gasteiger partial charge in [0, 0.05) is 23.2 Å². The molecule has 0 radical (unpaired) electrons. The summed E-state index contributed by atoms with van der Waals surface area (Å²) in [5, 5.41) is 15.3. The van der Waals surface area contributed by atoms with Crippen molar-refractivity contribution < 1.29 is 9.90 Å². The van der Waals surface area contributed by atoms with Crippen LogP contribution in [-0.2, 0) is 0 Å². The zero-order valence-electron chi connectivity index (χ0n) is 13.3. The Balaban J connectivity index is 1.62. The third kappa shape index (κ3) is 5.89. The Morgan fingerprint density at radius 2 is 2.09 bits per heavy atom. The molecule has 0 aromatic heterocycles. The zero-order valence-corrected chi connectivity index (χ0v) is 14.2. The molecule has 0 spiro atoms. The molecule has 22 heavy (non-hydrogen) atoms. The molecule has 3 N–H and O–H groups in total. The first kappa shape index (κ1) is 17.2. The van der Waals surface area contributed by atoms with Crippen LogP contribution in [0.2, 0.25) is 0 Å². The number of carbonyl (C=O) groups excluding carboxylic acids is 1. The third-order valence-corrected chi connectivity index (χ3v) is 5.24. The van der Waals surface area contributed by atoms with Crippen LogP contribution in [-0.4, -0.2) is 35.6 Å². The summed E-state index contributed by atoms with van der Waals surface area (Å²) in [6, 6.07) is 8.42. The normalized spacial score (nSPS) is 22.3. The van der Waals surface area contributed by atoms with Crippen LogP contribution < -0.4 is 10.6 Å². The van der Waals surface area contributed by atoms with Crippen LogP contribution in [0.4, 0.5) is 4.79 Å². The minimum absolute atomic E-state index is 0.112. The van der Waals surface area contributed by atoms with Crippen molar-refractivity contribution in [3.8, 4) is 0 Å². The quantitative estimate of drug-likeness (QED) is 0.706. The second kappa shape index (κ2) is 8.44. The number of carbonyl (C=O) groups is 1. The number of aliphatic hydroxyl groups is 1. The van der Waals surface area contributed by atoms with Crippen molar-refractivity contribution in [2.45, 2.75) is 50.2 Å². The van der Waals surface area contributed by atoms with Crippen LogP contribution in [0.15, 0.2) is 29.2 Å². The molecule has 2 rings (SSSR count). The van der Waals surface area contributed by atoms with Gasteiger partial charge in [-0.05, 0) is 51.2 Å². The predicted molar refractivity (Wildman–Crippen MR) is 91.2 cm³/mol. The summed E-state index contributed by atoms with van der Waals surface area (Å²) in [7, 11) is 0. The van der Waals surface area contributed by atoms with Crippen molar-refractivity contribution in [1.82, 2.24) is 10.6 Å². The molecule has 5 heteroatoms. The second-order valence-electron chi connectivity index (χ2n) is 6.21. The van der Waals surface area contributed by atoms with Crippen molar-refractivity contribution in [2.24, 2.45) is 5.92 Å². The molecular formula is C17H26N2O2S. The fourth-order valence-electron chi connectivity index (χ4n) is 2.64. The molecule has 1 aliphatic rings. The van der Waals surface area contributed by atoms with Gasteiger partial charge in [-0.3, -0.25) is 0 Å². The first-order chi connectivity index (χ1) is 10.5. The maximum Gasteiger partial charge on any atom is 0.315 e.